The maximum absolute atomic E-state index is 14.9. The molecule has 2 heterocycles. The molecule has 0 saturated heterocycles. The smallest absolute Gasteiger partial charge is 0.150 e. The quantitative estimate of drug-likeness (QED) is 0.513. The van der Waals surface area contributed by atoms with Crippen molar-refractivity contribution in [1.29, 1.82) is 0 Å². The third kappa shape index (κ3) is 3.85. The molecule has 6 heteroatoms. The van der Waals surface area contributed by atoms with Crippen molar-refractivity contribution < 1.29 is 4.39 Å². The number of nitrogens with zero attached hydrogens (tertiary/aromatic N) is 3. The molecule has 28 heavy (non-hydrogen) atoms. The number of benzene rings is 1. The highest BCUT2D eigenvalue weighted by Crippen LogP contribution is 2.37. The van der Waals surface area contributed by atoms with E-state index < -0.39 is 5.82 Å². The number of nitrogens with one attached hydrogen (secondary N) is 1. The van der Waals surface area contributed by atoms with Crippen LogP contribution < -0.4 is 5.32 Å². The molecule has 3 rings (SSSR count). The first-order valence-corrected chi connectivity index (χ1v) is 9.60. The van der Waals surface area contributed by atoms with Gasteiger partial charge in [-0.15, -0.1) is 0 Å². The van der Waals surface area contributed by atoms with Crippen LogP contribution in [0.2, 0.25) is 5.02 Å². The molecule has 146 valence electrons. The van der Waals surface area contributed by atoms with Gasteiger partial charge in [0.1, 0.15) is 17.2 Å². The second-order valence-corrected chi connectivity index (χ2v) is 7.82. The number of aryl methyl sites for hydroxylation is 1. The summed E-state index contributed by atoms with van der Waals surface area (Å²) < 4.78 is 14.9. The molecule has 0 amide bonds. The standard InChI is InChI=1S/C22H24ClFN4/c1-11(2)13(5)27-21-17-7-15(16-9-25-22(12(3)4)26-10-16)8-18(24)20(17)28-14(6)19(21)23/h7-10,12-13H,1H2,2-6H3,(H,27,28). The Hall–Kier alpha value is -2.53. The lowest BCUT2D eigenvalue weighted by molar-refractivity contribution is 0.637. The zero-order valence-electron chi connectivity index (χ0n) is 16.8. The molecular formula is C22H24ClFN4. The van der Waals surface area contributed by atoms with Crippen molar-refractivity contribution in [2.45, 2.75) is 46.6 Å². The van der Waals surface area contributed by atoms with Crippen molar-refractivity contribution in [1.82, 2.24) is 15.0 Å². The summed E-state index contributed by atoms with van der Waals surface area (Å²) in [5, 5.41) is 4.45. The third-order valence-corrected chi connectivity index (χ3v) is 5.23. The molecule has 0 aliphatic rings. The third-order valence-electron chi connectivity index (χ3n) is 4.77. The van der Waals surface area contributed by atoms with Gasteiger partial charge in [0.05, 0.1) is 16.4 Å². The zero-order valence-corrected chi connectivity index (χ0v) is 17.5. The number of pyridine rings is 1. The minimum atomic E-state index is -0.411. The molecular weight excluding hydrogens is 375 g/mol. The van der Waals surface area contributed by atoms with Crippen LogP contribution in [0.4, 0.5) is 10.1 Å². The van der Waals surface area contributed by atoms with Crippen LogP contribution in [0.25, 0.3) is 22.0 Å². The van der Waals surface area contributed by atoms with Gasteiger partial charge in [0.25, 0.3) is 0 Å². The lowest BCUT2D eigenvalue weighted by Gasteiger charge is -2.20. The van der Waals surface area contributed by atoms with Crippen LogP contribution in [0.5, 0.6) is 0 Å². The SMILES string of the molecule is C=C(C)C(C)Nc1c(Cl)c(C)nc2c(F)cc(-c3cnc(C(C)C)nc3)cc12. The van der Waals surface area contributed by atoms with Gasteiger partial charge in [-0.3, -0.25) is 0 Å². The van der Waals surface area contributed by atoms with Crippen LogP contribution in [-0.4, -0.2) is 21.0 Å². The van der Waals surface area contributed by atoms with E-state index in [2.05, 4.69) is 26.8 Å². The van der Waals surface area contributed by atoms with E-state index in [0.29, 0.717) is 27.4 Å². The summed E-state index contributed by atoms with van der Waals surface area (Å²) >= 11 is 6.53. The number of aromatic nitrogens is 3. The van der Waals surface area contributed by atoms with Gasteiger partial charge in [0, 0.05) is 35.3 Å². The van der Waals surface area contributed by atoms with Gasteiger partial charge in [-0.1, -0.05) is 37.6 Å². The molecule has 1 atom stereocenters. The average molecular weight is 399 g/mol. The van der Waals surface area contributed by atoms with Crippen molar-refractivity contribution in [2.24, 2.45) is 0 Å². The van der Waals surface area contributed by atoms with Crippen molar-refractivity contribution in [3.63, 3.8) is 0 Å². The Balaban J connectivity index is 2.19. The summed E-state index contributed by atoms with van der Waals surface area (Å²) in [6.45, 7) is 13.7. The Kier molecular flexibility index (Phi) is 5.66. The fourth-order valence-electron chi connectivity index (χ4n) is 2.85. The maximum atomic E-state index is 14.9. The summed E-state index contributed by atoms with van der Waals surface area (Å²) in [7, 11) is 0. The van der Waals surface area contributed by atoms with E-state index in [9.17, 15) is 4.39 Å². The molecule has 1 aromatic carbocycles. The lowest BCUT2D eigenvalue weighted by Crippen LogP contribution is -2.17. The molecule has 1 N–H and O–H groups in total. The predicted molar refractivity (Wildman–Crippen MR) is 114 cm³/mol. The Morgan fingerprint density at radius 2 is 1.79 bits per heavy atom. The highest BCUT2D eigenvalue weighted by molar-refractivity contribution is 6.35. The number of hydrogen-bond donors (Lipinski definition) is 1. The number of anilines is 1. The van der Waals surface area contributed by atoms with Gasteiger partial charge in [-0.2, -0.15) is 0 Å². The molecule has 0 bridgehead atoms. The van der Waals surface area contributed by atoms with Gasteiger partial charge >= 0.3 is 0 Å². The van der Waals surface area contributed by atoms with Crippen LogP contribution in [0.15, 0.2) is 36.7 Å². The largest absolute Gasteiger partial charge is 0.377 e. The first-order valence-electron chi connectivity index (χ1n) is 9.22. The second-order valence-electron chi connectivity index (χ2n) is 7.44. The topological polar surface area (TPSA) is 50.7 Å². The van der Waals surface area contributed by atoms with Crippen molar-refractivity contribution in [2.75, 3.05) is 5.32 Å². The van der Waals surface area contributed by atoms with Gasteiger partial charge in [-0.25, -0.2) is 19.3 Å². The molecule has 0 radical (unpaired) electrons. The number of halogens is 2. The van der Waals surface area contributed by atoms with Gasteiger partial charge < -0.3 is 5.32 Å². The zero-order chi connectivity index (χ0) is 20.6. The number of rotatable bonds is 5. The minimum absolute atomic E-state index is 0.0251. The monoisotopic (exact) mass is 398 g/mol. The molecule has 0 saturated carbocycles. The Morgan fingerprint density at radius 1 is 1.14 bits per heavy atom. The Labute approximate surface area is 169 Å². The summed E-state index contributed by atoms with van der Waals surface area (Å²) in [6, 6.07) is 3.31. The first-order chi connectivity index (χ1) is 13.2. The normalized spacial score (nSPS) is 12.4. The van der Waals surface area contributed by atoms with E-state index in [1.54, 1.807) is 19.3 Å². The summed E-state index contributed by atoms with van der Waals surface area (Å²) in [6.07, 6.45) is 3.44. The van der Waals surface area contributed by atoms with E-state index in [4.69, 9.17) is 11.6 Å². The van der Waals surface area contributed by atoms with E-state index in [1.165, 1.54) is 6.07 Å². The molecule has 0 spiro atoms. The predicted octanol–water partition coefficient (Wildman–Crippen LogP) is 6.29. The first kappa shape index (κ1) is 20.2. The van der Waals surface area contributed by atoms with Crippen LogP contribution in [-0.2, 0) is 0 Å². The van der Waals surface area contributed by atoms with Gasteiger partial charge in [0.2, 0.25) is 0 Å². The maximum Gasteiger partial charge on any atom is 0.150 e. The highest BCUT2D eigenvalue weighted by atomic mass is 35.5. The number of hydrogen-bond acceptors (Lipinski definition) is 4. The van der Waals surface area contributed by atoms with Crippen LogP contribution >= 0.6 is 11.6 Å². The van der Waals surface area contributed by atoms with Crippen LogP contribution in [0.3, 0.4) is 0 Å². The summed E-state index contributed by atoms with van der Waals surface area (Å²) in [5.41, 5.74) is 3.87. The highest BCUT2D eigenvalue weighted by Gasteiger charge is 2.18. The fourth-order valence-corrected chi connectivity index (χ4v) is 3.05. The molecule has 2 aromatic heterocycles. The van der Waals surface area contributed by atoms with Crippen molar-refractivity contribution in [3.8, 4) is 11.1 Å². The van der Waals surface area contributed by atoms with E-state index >= 15 is 0 Å². The molecule has 0 fully saturated rings. The van der Waals surface area contributed by atoms with E-state index in [-0.39, 0.29) is 17.5 Å². The average Bonchev–Trinajstić information content (AvgIpc) is 2.65. The van der Waals surface area contributed by atoms with Crippen molar-refractivity contribution >= 4 is 28.2 Å². The molecule has 1 unspecified atom stereocenters. The van der Waals surface area contributed by atoms with Crippen LogP contribution in [0.1, 0.15) is 45.1 Å². The summed E-state index contributed by atoms with van der Waals surface area (Å²) in [4.78, 5) is 13.1. The van der Waals surface area contributed by atoms with Crippen molar-refractivity contribution in [3.05, 3.63) is 59.0 Å². The van der Waals surface area contributed by atoms with E-state index in [1.807, 2.05) is 33.8 Å². The lowest BCUT2D eigenvalue weighted by atomic mass is 10.0. The number of fused-ring (bicyclic) bond motifs is 1. The second kappa shape index (κ2) is 7.84. The summed E-state index contributed by atoms with van der Waals surface area (Å²) in [5.74, 6) is 0.571. The minimum Gasteiger partial charge on any atom is -0.377 e. The molecule has 4 nitrogen and oxygen atoms in total. The fraction of sp³-hybridized carbons (Fsp3) is 0.318. The molecule has 3 aromatic rings. The Morgan fingerprint density at radius 3 is 2.36 bits per heavy atom. The molecule has 0 aliphatic heterocycles. The molecule has 0 aliphatic carbocycles. The van der Waals surface area contributed by atoms with Gasteiger partial charge in [-0.05, 0) is 38.5 Å². The van der Waals surface area contributed by atoms with E-state index in [0.717, 1.165) is 17.0 Å². The van der Waals surface area contributed by atoms with Crippen LogP contribution in [0, 0.1) is 12.7 Å². The van der Waals surface area contributed by atoms with Gasteiger partial charge in [0.15, 0.2) is 0 Å². The Bertz CT molecular complexity index is 1040.